The van der Waals surface area contributed by atoms with E-state index < -0.39 is 0 Å². The average Bonchev–Trinajstić information content (AvgIpc) is 3.42. The van der Waals surface area contributed by atoms with Crippen LogP contribution in [0.1, 0.15) is 27.3 Å². The summed E-state index contributed by atoms with van der Waals surface area (Å²) in [6.07, 6.45) is 0. The first-order chi connectivity index (χ1) is 16.1. The summed E-state index contributed by atoms with van der Waals surface area (Å²) < 4.78 is 7.59. The van der Waals surface area contributed by atoms with Gasteiger partial charge in [0, 0.05) is 16.8 Å². The molecule has 0 aliphatic carbocycles. The lowest BCUT2D eigenvalue weighted by Crippen LogP contribution is -2.13. The maximum Gasteiger partial charge on any atom is 0.255 e. The third-order valence-corrected chi connectivity index (χ3v) is 6.17. The van der Waals surface area contributed by atoms with Gasteiger partial charge in [-0.2, -0.15) is 9.61 Å². The number of nitrogens with one attached hydrogen (secondary N) is 1. The number of benzene rings is 3. The summed E-state index contributed by atoms with van der Waals surface area (Å²) in [5.41, 5.74) is 4.20. The first kappa shape index (κ1) is 20.8. The smallest absolute Gasteiger partial charge is 0.255 e. The molecule has 3 aromatic carbocycles. The summed E-state index contributed by atoms with van der Waals surface area (Å²) in [5.74, 6) is 1.18. The average molecular weight is 456 g/mol. The molecule has 1 amide bonds. The maximum atomic E-state index is 13.0. The number of hydrogen-bond acceptors (Lipinski definition) is 6. The van der Waals surface area contributed by atoms with Gasteiger partial charge in [0.05, 0.1) is 0 Å². The highest BCUT2D eigenvalue weighted by atomic mass is 32.1. The Morgan fingerprint density at radius 1 is 1.00 bits per heavy atom. The molecule has 2 aromatic heterocycles. The Morgan fingerprint density at radius 2 is 1.85 bits per heavy atom. The largest absolute Gasteiger partial charge is 0.489 e. The van der Waals surface area contributed by atoms with Crippen LogP contribution in [0.2, 0.25) is 0 Å². The van der Waals surface area contributed by atoms with Crippen molar-refractivity contribution in [3.8, 4) is 16.3 Å². The first-order valence-corrected chi connectivity index (χ1v) is 11.3. The zero-order valence-electron chi connectivity index (χ0n) is 18.1. The van der Waals surface area contributed by atoms with Crippen LogP contribution in [-0.2, 0) is 6.61 Å². The van der Waals surface area contributed by atoms with Crippen LogP contribution in [0.4, 0.5) is 5.69 Å². The minimum Gasteiger partial charge on any atom is -0.489 e. The van der Waals surface area contributed by atoms with Gasteiger partial charge in [0.2, 0.25) is 4.96 Å². The van der Waals surface area contributed by atoms with Crippen molar-refractivity contribution in [2.24, 2.45) is 0 Å². The van der Waals surface area contributed by atoms with Crippen LogP contribution in [0.15, 0.2) is 72.8 Å². The molecule has 7 nitrogen and oxygen atoms in total. The van der Waals surface area contributed by atoms with Gasteiger partial charge < -0.3 is 10.1 Å². The minimum atomic E-state index is -0.200. The van der Waals surface area contributed by atoms with E-state index in [1.54, 1.807) is 16.6 Å². The molecule has 5 rings (SSSR count). The molecular weight excluding hydrogens is 434 g/mol. The second kappa shape index (κ2) is 8.84. The first-order valence-electron chi connectivity index (χ1n) is 10.4. The monoisotopic (exact) mass is 455 g/mol. The SMILES string of the molecule is Cc1ccc(-c2nn3c(C)nnc3s2)cc1NC(=O)c1cccc(OCc2ccccc2)c1. The number of carbonyl (C=O) groups excluding carboxylic acids is 1. The van der Waals surface area contributed by atoms with Crippen LogP contribution in [0.25, 0.3) is 15.5 Å². The van der Waals surface area contributed by atoms with E-state index in [1.165, 1.54) is 11.3 Å². The van der Waals surface area contributed by atoms with E-state index in [0.29, 0.717) is 17.9 Å². The molecule has 0 saturated carbocycles. The van der Waals surface area contributed by atoms with Crippen molar-refractivity contribution in [2.75, 3.05) is 5.32 Å². The number of anilines is 1. The number of ether oxygens (including phenoxy) is 1. The number of fused-ring (bicyclic) bond motifs is 1. The summed E-state index contributed by atoms with van der Waals surface area (Å²) >= 11 is 1.46. The normalized spacial score (nSPS) is 11.0. The Morgan fingerprint density at radius 3 is 2.67 bits per heavy atom. The van der Waals surface area contributed by atoms with Gasteiger partial charge in [-0.05, 0) is 49.2 Å². The lowest BCUT2D eigenvalue weighted by molar-refractivity contribution is 0.102. The van der Waals surface area contributed by atoms with Gasteiger partial charge in [-0.15, -0.1) is 10.2 Å². The fraction of sp³-hybridized carbons (Fsp3) is 0.120. The van der Waals surface area contributed by atoms with E-state index >= 15 is 0 Å². The highest BCUT2D eigenvalue weighted by Gasteiger charge is 2.14. The van der Waals surface area contributed by atoms with Gasteiger partial charge >= 0.3 is 0 Å². The zero-order valence-corrected chi connectivity index (χ0v) is 19.0. The van der Waals surface area contributed by atoms with Crippen molar-refractivity contribution in [1.82, 2.24) is 19.8 Å². The van der Waals surface area contributed by atoms with Crippen LogP contribution < -0.4 is 10.1 Å². The number of rotatable bonds is 6. The lowest BCUT2D eigenvalue weighted by atomic mass is 10.1. The third kappa shape index (κ3) is 4.47. The van der Waals surface area contributed by atoms with Crippen LogP contribution in [-0.4, -0.2) is 25.7 Å². The Bertz CT molecular complexity index is 1440. The quantitative estimate of drug-likeness (QED) is 0.376. The zero-order chi connectivity index (χ0) is 22.8. The molecule has 0 fully saturated rings. The Kier molecular flexibility index (Phi) is 5.58. The third-order valence-electron chi connectivity index (χ3n) is 5.22. The van der Waals surface area contributed by atoms with Crippen LogP contribution >= 0.6 is 11.3 Å². The highest BCUT2D eigenvalue weighted by Crippen LogP contribution is 2.29. The molecule has 0 aliphatic heterocycles. The Hall–Kier alpha value is -4.04. The number of hydrogen-bond donors (Lipinski definition) is 1. The van der Waals surface area contributed by atoms with Crippen molar-refractivity contribution in [3.05, 3.63) is 95.3 Å². The molecule has 0 aliphatic rings. The predicted octanol–water partition coefficient (Wildman–Crippen LogP) is 5.30. The highest BCUT2D eigenvalue weighted by molar-refractivity contribution is 7.19. The van der Waals surface area contributed by atoms with E-state index in [0.717, 1.165) is 38.2 Å². The van der Waals surface area contributed by atoms with Crippen molar-refractivity contribution in [3.63, 3.8) is 0 Å². The van der Waals surface area contributed by atoms with E-state index in [9.17, 15) is 4.79 Å². The molecule has 2 heterocycles. The second-order valence-corrected chi connectivity index (χ2v) is 8.59. The van der Waals surface area contributed by atoms with Crippen molar-refractivity contribution in [1.29, 1.82) is 0 Å². The number of carbonyl (C=O) groups is 1. The standard InChI is InChI=1S/C25H21N5O2S/c1-16-11-12-20(24-29-30-17(2)27-28-25(30)33-24)14-22(16)26-23(31)19-9-6-10-21(13-19)32-15-18-7-4-3-5-8-18/h3-14H,15H2,1-2H3,(H,26,31). The molecule has 33 heavy (non-hydrogen) atoms. The molecule has 1 N–H and O–H groups in total. The van der Waals surface area contributed by atoms with Gasteiger partial charge in [0.25, 0.3) is 5.91 Å². The topological polar surface area (TPSA) is 81.4 Å². The summed E-state index contributed by atoms with van der Waals surface area (Å²) in [5, 5.41) is 16.6. The molecule has 0 atom stereocenters. The molecule has 0 radical (unpaired) electrons. The molecule has 0 saturated heterocycles. The Labute approximate surface area is 194 Å². The van der Waals surface area contributed by atoms with Crippen LogP contribution in [0, 0.1) is 13.8 Å². The molecule has 0 bridgehead atoms. The molecular formula is C25H21N5O2S. The summed E-state index contributed by atoms with van der Waals surface area (Å²) in [7, 11) is 0. The fourth-order valence-electron chi connectivity index (χ4n) is 3.38. The van der Waals surface area contributed by atoms with Crippen molar-refractivity contribution < 1.29 is 9.53 Å². The fourth-order valence-corrected chi connectivity index (χ4v) is 4.26. The van der Waals surface area contributed by atoms with Gasteiger partial charge in [-0.3, -0.25) is 4.79 Å². The summed E-state index contributed by atoms with van der Waals surface area (Å²) in [4.78, 5) is 13.7. The molecule has 164 valence electrons. The lowest BCUT2D eigenvalue weighted by Gasteiger charge is -2.11. The van der Waals surface area contributed by atoms with E-state index in [-0.39, 0.29) is 5.91 Å². The number of aromatic nitrogens is 4. The van der Waals surface area contributed by atoms with Gasteiger partial charge in [0.1, 0.15) is 17.4 Å². The molecule has 5 aromatic rings. The predicted molar refractivity (Wildman–Crippen MR) is 129 cm³/mol. The number of aryl methyl sites for hydroxylation is 2. The molecule has 8 heteroatoms. The van der Waals surface area contributed by atoms with Gasteiger partial charge in [-0.1, -0.05) is 59.9 Å². The number of amides is 1. The second-order valence-electron chi connectivity index (χ2n) is 7.63. The maximum absolute atomic E-state index is 13.0. The van der Waals surface area contributed by atoms with E-state index in [1.807, 2.05) is 74.5 Å². The van der Waals surface area contributed by atoms with E-state index in [2.05, 4.69) is 20.6 Å². The number of nitrogens with zero attached hydrogens (tertiary/aromatic N) is 4. The van der Waals surface area contributed by atoms with E-state index in [4.69, 9.17) is 4.74 Å². The molecule has 0 unspecified atom stereocenters. The van der Waals surface area contributed by atoms with Crippen molar-refractivity contribution in [2.45, 2.75) is 20.5 Å². The van der Waals surface area contributed by atoms with Gasteiger partial charge in [-0.25, -0.2) is 0 Å². The summed E-state index contributed by atoms with van der Waals surface area (Å²) in [6.45, 7) is 4.27. The van der Waals surface area contributed by atoms with Crippen LogP contribution in [0.3, 0.4) is 0 Å². The van der Waals surface area contributed by atoms with Gasteiger partial charge in [0.15, 0.2) is 5.82 Å². The van der Waals surface area contributed by atoms with Crippen molar-refractivity contribution >= 4 is 27.9 Å². The minimum absolute atomic E-state index is 0.200. The van der Waals surface area contributed by atoms with Crippen LogP contribution in [0.5, 0.6) is 5.75 Å². The Balaban J connectivity index is 1.33. The summed E-state index contributed by atoms with van der Waals surface area (Å²) in [6, 6.07) is 23.0. The molecule has 0 spiro atoms.